The van der Waals surface area contributed by atoms with E-state index in [9.17, 15) is 29.4 Å². The Kier molecular flexibility index (Phi) is 5.76. The van der Waals surface area contributed by atoms with Crippen molar-refractivity contribution >= 4 is 47.0 Å². The van der Waals surface area contributed by atoms with E-state index >= 15 is 0 Å². The van der Waals surface area contributed by atoms with Gasteiger partial charge in [-0.15, -0.1) is 23.1 Å². The number of methoxy groups -OCH3 is 1. The molecule has 1 aromatic heterocycles. The number of β-lactam (4-membered cyclic amide) rings is 1. The van der Waals surface area contributed by atoms with Crippen LogP contribution in [0, 0.1) is 0 Å². The Morgan fingerprint density at radius 2 is 2.17 bits per heavy atom. The molecule has 2 fully saturated rings. The quantitative estimate of drug-likeness (QED) is 0.302. The van der Waals surface area contributed by atoms with Crippen molar-refractivity contribution in [2.75, 3.05) is 19.5 Å². The van der Waals surface area contributed by atoms with Gasteiger partial charge in [0.05, 0.1) is 6.42 Å². The molecule has 158 valence electrons. The lowest BCUT2D eigenvalue weighted by Crippen LogP contribution is -2.86. The van der Waals surface area contributed by atoms with Crippen molar-refractivity contribution in [2.24, 2.45) is 5.73 Å². The lowest BCUT2D eigenvalue weighted by atomic mass is 9.88. The number of nitrogens with two attached hydrogens (primary N) is 1. The molecule has 0 aliphatic carbocycles. The molecule has 11 nitrogen and oxygen atoms in total. The highest BCUT2D eigenvalue weighted by Gasteiger charge is 2.71. The van der Waals surface area contributed by atoms with Crippen LogP contribution < -0.4 is 11.1 Å². The standard InChI is InChI=1S/C16H19N3O8S2/c1-26-16(18-9(20)5-8-3-2-4-28-8)12(23)19-10(11(21)22)15(25,6-27-14(17)24)7-29-13(16)19/h2-4,10,13,25H,5-7H2,1H3,(H2,17,24)(H,18,20)(H,21,22)/t10?,13-,15?,16+/m1/s1. The summed E-state index contributed by atoms with van der Waals surface area (Å²) < 4.78 is 9.90. The van der Waals surface area contributed by atoms with Crippen molar-refractivity contribution in [1.29, 1.82) is 0 Å². The van der Waals surface area contributed by atoms with Crippen LogP contribution in [-0.2, 0) is 30.3 Å². The number of thiophene rings is 1. The summed E-state index contributed by atoms with van der Waals surface area (Å²) in [6.45, 7) is -0.701. The van der Waals surface area contributed by atoms with E-state index in [1.807, 2.05) is 5.38 Å². The zero-order chi connectivity index (χ0) is 21.4. The third-order valence-electron chi connectivity index (χ3n) is 4.69. The average molecular weight is 445 g/mol. The Morgan fingerprint density at radius 3 is 2.72 bits per heavy atom. The Balaban J connectivity index is 1.80. The second kappa shape index (κ2) is 7.82. The van der Waals surface area contributed by atoms with Gasteiger partial charge >= 0.3 is 12.1 Å². The van der Waals surface area contributed by atoms with Crippen molar-refractivity contribution in [3.05, 3.63) is 22.4 Å². The number of carbonyl (C=O) groups excluding carboxylic acids is 3. The molecular formula is C16H19N3O8S2. The molecule has 2 saturated heterocycles. The monoisotopic (exact) mass is 445 g/mol. The summed E-state index contributed by atoms with van der Waals surface area (Å²) in [6, 6.07) is 1.85. The molecule has 0 saturated carbocycles. The summed E-state index contributed by atoms with van der Waals surface area (Å²) in [5, 5.41) is 23.8. The summed E-state index contributed by atoms with van der Waals surface area (Å²) in [4.78, 5) is 49.7. The molecular weight excluding hydrogens is 426 g/mol. The number of carboxylic acids is 1. The number of aliphatic carboxylic acids is 1. The highest BCUT2D eigenvalue weighted by atomic mass is 32.2. The minimum Gasteiger partial charge on any atom is -0.480 e. The maximum absolute atomic E-state index is 12.9. The van der Waals surface area contributed by atoms with E-state index in [-0.39, 0.29) is 12.2 Å². The van der Waals surface area contributed by atoms with Crippen molar-refractivity contribution < 1.29 is 38.9 Å². The predicted octanol–water partition coefficient (Wildman–Crippen LogP) is -1.06. The minimum atomic E-state index is -2.06. The van der Waals surface area contributed by atoms with Crippen LogP contribution in [0.5, 0.6) is 0 Å². The van der Waals surface area contributed by atoms with Crippen LogP contribution in [0.2, 0.25) is 0 Å². The van der Waals surface area contributed by atoms with E-state index in [4.69, 9.17) is 10.5 Å². The molecule has 0 bridgehead atoms. The number of ether oxygens (including phenoxy) is 2. The lowest BCUT2D eigenvalue weighted by molar-refractivity contribution is -0.217. The van der Waals surface area contributed by atoms with Crippen LogP contribution in [0.3, 0.4) is 0 Å². The summed E-state index contributed by atoms with van der Waals surface area (Å²) in [5.41, 5.74) is 1.09. The number of nitrogens with zero attached hydrogens (tertiary/aromatic N) is 1. The Morgan fingerprint density at radius 1 is 1.45 bits per heavy atom. The summed E-state index contributed by atoms with van der Waals surface area (Å²) >= 11 is 2.38. The number of thioether (sulfide) groups is 1. The van der Waals surface area contributed by atoms with E-state index in [1.165, 1.54) is 18.4 Å². The number of amides is 3. The first kappa shape index (κ1) is 21.4. The predicted molar refractivity (Wildman–Crippen MR) is 101 cm³/mol. The Hall–Kier alpha value is -2.35. The third-order valence-corrected chi connectivity index (χ3v) is 7.11. The van der Waals surface area contributed by atoms with Crippen molar-refractivity contribution in [3.8, 4) is 0 Å². The van der Waals surface area contributed by atoms with Crippen molar-refractivity contribution in [2.45, 2.75) is 29.2 Å². The van der Waals surface area contributed by atoms with Crippen LogP contribution in [0.25, 0.3) is 0 Å². The molecule has 2 aliphatic rings. The van der Waals surface area contributed by atoms with E-state index in [0.717, 1.165) is 21.5 Å². The van der Waals surface area contributed by atoms with E-state index in [1.54, 1.807) is 12.1 Å². The zero-order valence-corrected chi connectivity index (χ0v) is 16.8. The first-order chi connectivity index (χ1) is 13.6. The van der Waals surface area contributed by atoms with Crippen LogP contribution >= 0.6 is 23.1 Å². The highest BCUT2D eigenvalue weighted by molar-refractivity contribution is 8.00. The van der Waals surface area contributed by atoms with Crippen LogP contribution in [0.15, 0.2) is 17.5 Å². The number of fused-ring (bicyclic) bond motifs is 1. The molecule has 0 spiro atoms. The van der Waals surface area contributed by atoms with Crippen molar-refractivity contribution in [1.82, 2.24) is 10.2 Å². The number of carboxylic acid groups (broad SMARTS) is 1. The number of nitrogens with one attached hydrogen (secondary N) is 1. The van der Waals surface area contributed by atoms with Gasteiger partial charge in [-0.25, -0.2) is 9.59 Å². The van der Waals surface area contributed by atoms with E-state index < -0.39 is 53.2 Å². The number of hydrogen-bond donors (Lipinski definition) is 4. The van der Waals surface area contributed by atoms with Gasteiger partial charge in [-0.1, -0.05) is 6.07 Å². The normalized spacial score (nSPS) is 30.8. The van der Waals surface area contributed by atoms with Gasteiger partial charge in [0.25, 0.3) is 11.6 Å². The van der Waals surface area contributed by atoms with Gasteiger partial charge in [-0.3, -0.25) is 9.59 Å². The number of primary amides is 1. The van der Waals surface area contributed by atoms with Gasteiger partial charge < -0.3 is 35.6 Å². The summed E-state index contributed by atoms with van der Waals surface area (Å²) in [5.74, 6) is -2.97. The number of carbonyl (C=O) groups is 4. The third kappa shape index (κ3) is 3.66. The average Bonchev–Trinajstić information content (AvgIpc) is 3.16. The lowest BCUT2D eigenvalue weighted by Gasteiger charge is -2.60. The molecule has 0 aromatic carbocycles. The first-order valence-corrected chi connectivity index (χ1v) is 10.3. The SMILES string of the molecule is CO[C@@]1(NC(=O)Cc2cccs2)C(=O)N2C(C(=O)O)C(O)(COC(N)=O)CS[C@@H]21. The summed E-state index contributed by atoms with van der Waals surface area (Å²) in [7, 11) is 1.23. The van der Waals surface area contributed by atoms with Gasteiger partial charge in [0.2, 0.25) is 5.91 Å². The van der Waals surface area contributed by atoms with Crippen LogP contribution in [-0.4, -0.2) is 81.2 Å². The van der Waals surface area contributed by atoms with Gasteiger partial charge in [0, 0.05) is 17.7 Å². The maximum Gasteiger partial charge on any atom is 0.404 e. The van der Waals surface area contributed by atoms with E-state index in [2.05, 4.69) is 10.1 Å². The van der Waals surface area contributed by atoms with Gasteiger partial charge in [0.15, 0.2) is 6.04 Å². The van der Waals surface area contributed by atoms with Crippen LogP contribution in [0.4, 0.5) is 4.79 Å². The van der Waals surface area contributed by atoms with Gasteiger partial charge in [0.1, 0.15) is 17.6 Å². The fourth-order valence-corrected chi connectivity index (χ4v) is 5.65. The summed E-state index contributed by atoms with van der Waals surface area (Å²) in [6.07, 6.45) is -1.15. The second-order valence-electron chi connectivity index (χ2n) is 6.57. The topological polar surface area (TPSA) is 168 Å². The molecule has 2 unspecified atom stereocenters. The Bertz CT molecular complexity index is 834. The molecule has 1 aromatic rings. The molecule has 3 amide bonds. The smallest absolute Gasteiger partial charge is 0.404 e. The van der Waals surface area contributed by atoms with Crippen LogP contribution in [0.1, 0.15) is 4.88 Å². The fourth-order valence-electron chi connectivity index (χ4n) is 3.39. The largest absolute Gasteiger partial charge is 0.480 e. The molecule has 0 radical (unpaired) electrons. The molecule has 13 heteroatoms. The molecule has 5 N–H and O–H groups in total. The number of hydrogen-bond acceptors (Lipinski definition) is 9. The fraction of sp³-hybridized carbons (Fsp3) is 0.500. The molecule has 29 heavy (non-hydrogen) atoms. The van der Waals surface area contributed by atoms with Crippen molar-refractivity contribution in [3.63, 3.8) is 0 Å². The first-order valence-electron chi connectivity index (χ1n) is 8.35. The van der Waals surface area contributed by atoms with Gasteiger partial charge in [-0.2, -0.15) is 0 Å². The maximum atomic E-state index is 12.9. The number of rotatable bonds is 7. The highest BCUT2D eigenvalue weighted by Crippen LogP contribution is 2.48. The molecule has 3 rings (SSSR count). The zero-order valence-electron chi connectivity index (χ0n) is 15.2. The van der Waals surface area contributed by atoms with E-state index in [0.29, 0.717) is 0 Å². The minimum absolute atomic E-state index is 0.0339. The Labute approximate surface area is 173 Å². The number of aliphatic hydroxyl groups is 1. The molecule has 3 heterocycles. The molecule has 2 aliphatic heterocycles. The molecule has 4 atom stereocenters. The van der Waals surface area contributed by atoms with Gasteiger partial charge in [-0.05, 0) is 11.4 Å². The second-order valence-corrected chi connectivity index (χ2v) is 8.67.